The Balaban J connectivity index is 3.09. The predicted octanol–water partition coefficient (Wildman–Crippen LogP) is 1.57. The van der Waals surface area contributed by atoms with Gasteiger partial charge in [-0.3, -0.25) is 0 Å². The van der Waals surface area contributed by atoms with E-state index in [-0.39, 0.29) is 5.69 Å². The van der Waals surface area contributed by atoms with E-state index in [1.54, 1.807) is 6.26 Å². The lowest BCUT2D eigenvalue weighted by Crippen LogP contribution is -2.06. The Bertz CT molecular complexity index is 452. The molecule has 0 amide bonds. The van der Waals surface area contributed by atoms with Crippen molar-refractivity contribution < 1.29 is 9.90 Å². The van der Waals surface area contributed by atoms with Crippen molar-refractivity contribution in [2.24, 2.45) is 0 Å². The van der Waals surface area contributed by atoms with Gasteiger partial charge in [-0.25, -0.2) is 14.8 Å². The molecule has 0 fully saturated rings. The molecule has 0 aliphatic rings. The van der Waals surface area contributed by atoms with Gasteiger partial charge in [0.2, 0.25) is 0 Å². The van der Waals surface area contributed by atoms with Gasteiger partial charge in [-0.05, 0) is 6.26 Å². The van der Waals surface area contributed by atoms with Crippen LogP contribution in [0.3, 0.4) is 0 Å². The van der Waals surface area contributed by atoms with Crippen LogP contribution in [-0.2, 0) is 0 Å². The number of rotatable bonds is 3. The van der Waals surface area contributed by atoms with Crippen LogP contribution in [0.2, 0.25) is 0 Å². The summed E-state index contributed by atoms with van der Waals surface area (Å²) in [6, 6.07) is 0. The molecule has 1 aromatic heterocycles. The molecule has 0 aliphatic heterocycles. The molecule has 0 saturated heterocycles. The van der Waals surface area contributed by atoms with Crippen molar-refractivity contribution >= 4 is 30.4 Å². The summed E-state index contributed by atoms with van der Waals surface area (Å²) < 4.78 is 0. The van der Waals surface area contributed by atoms with Crippen molar-refractivity contribution in [2.75, 3.05) is 12.0 Å². The van der Waals surface area contributed by atoms with Crippen molar-refractivity contribution in [3.8, 4) is 11.8 Å². The van der Waals surface area contributed by atoms with Gasteiger partial charge in [-0.15, -0.1) is 0 Å². The third-order valence-electron chi connectivity index (χ3n) is 1.61. The molecule has 6 heteroatoms. The number of hydrogen-bond donors (Lipinski definition) is 2. The van der Waals surface area contributed by atoms with Gasteiger partial charge in [0.05, 0.1) is 5.56 Å². The lowest BCUT2D eigenvalue weighted by molar-refractivity contribution is 0.0689. The second-order valence-corrected chi connectivity index (χ2v) is 3.92. The van der Waals surface area contributed by atoms with E-state index in [0.717, 1.165) is 0 Å². The molecule has 0 spiro atoms. The van der Waals surface area contributed by atoms with Crippen molar-refractivity contribution in [3.63, 3.8) is 0 Å². The maximum atomic E-state index is 10.9. The zero-order chi connectivity index (χ0) is 12.0. The molecule has 0 aromatic carbocycles. The fourth-order valence-electron chi connectivity index (χ4n) is 0.932. The average Bonchev–Trinajstić information content (AvgIpc) is 2.29. The van der Waals surface area contributed by atoms with E-state index in [4.69, 9.17) is 5.11 Å². The van der Waals surface area contributed by atoms with E-state index < -0.39 is 5.97 Å². The summed E-state index contributed by atoms with van der Waals surface area (Å²) in [7, 11) is 0. The molecule has 1 heterocycles. The molecular weight excluding hydrogens is 244 g/mol. The molecule has 0 saturated carbocycles. The summed E-state index contributed by atoms with van der Waals surface area (Å²) in [6.07, 6.45) is 3.83. The van der Waals surface area contributed by atoms with Gasteiger partial charge in [0.1, 0.15) is 0 Å². The maximum absolute atomic E-state index is 10.9. The van der Waals surface area contributed by atoms with Crippen LogP contribution in [0.4, 0.5) is 0 Å². The van der Waals surface area contributed by atoms with Crippen LogP contribution in [0.25, 0.3) is 0 Å². The number of carbonyl (C=O) groups is 1. The fourth-order valence-corrected chi connectivity index (χ4v) is 1.38. The van der Waals surface area contributed by atoms with Gasteiger partial charge in [0.15, 0.2) is 10.9 Å². The van der Waals surface area contributed by atoms with Crippen LogP contribution in [0.15, 0.2) is 11.4 Å². The minimum Gasteiger partial charge on any atom is -0.476 e. The van der Waals surface area contributed by atoms with Crippen molar-refractivity contribution in [1.82, 2.24) is 9.97 Å². The van der Waals surface area contributed by atoms with E-state index in [9.17, 15) is 4.79 Å². The molecule has 4 nitrogen and oxygen atoms in total. The van der Waals surface area contributed by atoms with Gasteiger partial charge < -0.3 is 5.11 Å². The number of nitrogens with zero attached hydrogens (tertiary/aromatic N) is 2. The number of carboxylic acids is 1. The molecule has 16 heavy (non-hydrogen) atoms. The SMILES string of the molecule is CSc1ncc(C#CCCS)c(C(=O)O)n1. The molecule has 0 aliphatic carbocycles. The summed E-state index contributed by atoms with van der Waals surface area (Å²) in [4.78, 5) is 18.8. The minimum atomic E-state index is -1.09. The van der Waals surface area contributed by atoms with Crippen LogP contribution >= 0.6 is 24.4 Å². The maximum Gasteiger partial charge on any atom is 0.355 e. The van der Waals surface area contributed by atoms with Gasteiger partial charge in [-0.1, -0.05) is 23.6 Å². The highest BCUT2D eigenvalue weighted by atomic mass is 32.2. The average molecular weight is 254 g/mol. The smallest absolute Gasteiger partial charge is 0.355 e. The van der Waals surface area contributed by atoms with E-state index in [1.165, 1.54) is 18.0 Å². The second kappa shape index (κ2) is 6.40. The van der Waals surface area contributed by atoms with E-state index in [1.807, 2.05) is 0 Å². The second-order valence-electron chi connectivity index (χ2n) is 2.70. The Morgan fingerprint density at radius 2 is 2.44 bits per heavy atom. The molecule has 0 unspecified atom stereocenters. The van der Waals surface area contributed by atoms with Gasteiger partial charge >= 0.3 is 5.97 Å². The fraction of sp³-hybridized carbons (Fsp3) is 0.300. The highest BCUT2D eigenvalue weighted by Gasteiger charge is 2.12. The zero-order valence-electron chi connectivity index (χ0n) is 8.60. The minimum absolute atomic E-state index is 0.0500. The first-order valence-corrected chi connectivity index (χ1v) is 6.28. The third kappa shape index (κ3) is 3.43. The lowest BCUT2D eigenvalue weighted by atomic mass is 10.2. The molecule has 1 aromatic rings. The molecule has 0 atom stereocenters. The van der Waals surface area contributed by atoms with Crippen molar-refractivity contribution in [1.29, 1.82) is 0 Å². The number of thioether (sulfide) groups is 1. The number of hydrogen-bond acceptors (Lipinski definition) is 5. The molecule has 84 valence electrons. The standard InChI is InChI=1S/C10H10N2O2S2/c1-16-10-11-6-7(4-2-3-5-15)8(12-10)9(13)14/h6,15H,3,5H2,1H3,(H,13,14). The molecule has 1 rings (SSSR count). The molecule has 1 N–H and O–H groups in total. The van der Waals surface area contributed by atoms with Crippen LogP contribution in [0.1, 0.15) is 22.5 Å². The normalized spacial score (nSPS) is 9.38. The number of thiol groups is 1. The first kappa shape index (κ1) is 12.9. The van der Waals surface area contributed by atoms with Crippen LogP contribution in [-0.4, -0.2) is 33.1 Å². The van der Waals surface area contributed by atoms with E-state index in [2.05, 4.69) is 34.4 Å². The third-order valence-corrected chi connectivity index (χ3v) is 2.40. The first-order chi connectivity index (χ1) is 7.69. The number of aromatic carboxylic acids is 1. The van der Waals surface area contributed by atoms with Crippen LogP contribution in [0.5, 0.6) is 0 Å². The molecular formula is C10H10N2O2S2. The summed E-state index contributed by atoms with van der Waals surface area (Å²) in [5.74, 6) is 5.09. The van der Waals surface area contributed by atoms with E-state index >= 15 is 0 Å². The van der Waals surface area contributed by atoms with Gasteiger partial charge in [0.25, 0.3) is 0 Å². The summed E-state index contributed by atoms with van der Waals surface area (Å²) >= 11 is 5.30. The van der Waals surface area contributed by atoms with Crippen LogP contribution in [0, 0.1) is 11.8 Å². The van der Waals surface area contributed by atoms with Gasteiger partial charge in [0, 0.05) is 18.4 Å². The predicted molar refractivity (Wildman–Crippen MR) is 66.1 cm³/mol. The highest BCUT2D eigenvalue weighted by molar-refractivity contribution is 7.98. The Morgan fingerprint density at radius 1 is 1.69 bits per heavy atom. The summed E-state index contributed by atoms with van der Waals surface area (Å²) in [6.45, 7) is 0. The Labute approximate surface area is 103 Å². The molecule has 0 radical (unpaired) electrons. The Hall–Kier alpha value is -1.19. The largest absolute Gasteiger partial charge is 0.476 e. The Morgan fingerprint density at radius 3 is 3.00 bits per heavy atom. The number of aromatic nitrogens is 2. The summed E-state index contributed by atoms with van der Waals surface area (Å²) in [5, 5.41) is 9.39. The first-order valence-electron chi connectivity index (χ1n) is 4.43. The van der Waals surface area contributed by atoms with Crippen molar-refractivity contribution in [3.05, 3.63) is 17.5 Å². The zero-order valence-corrected chi connectivity index (χ0v) is 10.3. The molecule has 0 bridgehead atoms. The van der Waals surface area contributed by atoms with Gasteiger partial charge in [-0.2, -0.15) is 12.6 Å². The van der Waals surface area contributed by atoms with Crippen LogP contribution < -0.4 is 0 Å². The van der Waals surface area contributed by atoms with E-state index in [0.29, 0.717) is 22.9 Å². The lowest BCUT2D eigenvalue weighted by Gasteiger charge is -1.99. The number of carboxylic acid groups (broad SMARTS) is 1. The topological polar surface area (TPSA) is 63.1 Å². The van der Waals surface area contributed by atoms with Crippen molar-refractivity contribution in [2.45, 2.75) is 11.6 Å². The Kier molecular flexibility index (Phi) is 5.15. The monoisotopic (exact) mass is 254 g/mol. The quantitative estimate of drug-likeness (QED) is 0.371. The summed E-state index contributed by atoms with van der Waals surface area (Å²) in [5.41, 5.74) is 0.290. The highest BCUT2D eigenvalue weighted by Crippen LogP contribution is 2.11.